The van der Waals surface area contributed by atoms with Crippen molar-refractivity contribution in [2.45, 2.75) is 39.2 Å². The summed E-state index contributed by atoms with van der Waals surface area (Å²) in [5.41, 5.74) is 6.42. The molecular weight excluding hydrogens is 216 g/mol. The Kier molecular flexibility index (Phi) is 3.36. The van der Waals surface area contributed by atoms with Crippen LogP contribution in [0.2, 0.25) is 0 Å². The summed E-state index contributed by atoms with van der Waals surface area (Å²) in [4.78, 5) is 11.9. The minimum atomic E-state index is -0.147. The lowest BCUT2D eigenvalue weighted by Gasteiger charge is -2.31. The van der Waals surface area contributed by atoms with Gasteiger partial charge >= 0.3 is 0 Å². The second-order valence-electron chi connectivity index (χ2n) is 5.29. The topological polar surface area (TPSA) is 83.8 Å². The minimum Gasteiger partial charge on any atom is -0.396 e. The van der Waals surface area contributed by atoms with E-state index in [1.165, 1.54) is 12.6 Å². The van der Waals surface area contributed by atoms with Gasteiger partial charge in [0, 0.05) is 6.04 Å². The van der Waals surface area contributed by atoms with E-state index in [4.69, 9.17) is 5.73 Å². The van der Waals surface area contributed by atoms with Crippen LogP contribution in [0.25, 0.3) is 0 Å². The number of nitrogens with two attached hydrogens (primary N) is 1. The molecule has 0 aromatic carbocycles. The predicted octanol–water partition coefficient (Wildman–Crippen LogP) is 1.55. The van der Waals surface area contributed by atoms with Crippen molar-refractivity contribution in [1.29, 1.82) is 0 Å². The Morgan fingerprint density at radius 2 is 2.06 bits per heavy atom. The first-order valence-corrected chi connectivity index (χ1v) is 6.16. The fourth-order valence-electron chi connectivity index (χ4n) is 2.80. The average Bonchev–Trinajstić information content (AvgIpc) is 2.62. The number of anilines is 1. The van der Waals surface area contributed by atoms with Gasteiger partial charge in [0.25, 0.3) is 5.91 Å². The Balaban J connectivity index is 1.97. The number of hydrogen-bond acceptors (Lipinski definition) is 3. The first-order valence-electron chi connectivity index (χ1n) is 6.16. The molecule has 0 bridgehead atoms. The van der Waals surface area contributed by atoms with Gasteiger partial charge in [0.05, 0.1) is 11.9 Å². The standard InChI is InChI=1S/C12H20N4O/c1-7-3-8(2)5-9(4-7)15-12(17)11-10(13)6-14-16-11/h6-9H,3-5,13H2,1-2H3,(H,14,16)(H,15,17). The van der Waals surface area contributed by atoms with Crippen molar-refractivity contribution >= 4 is 11.6 Å². The number of carbonyl (C=O) groups excluding carboxylic acids is 1. The number of hydrogen-bond donors (Lipinski definition) is 3. The molecule has 5 nitrogen and oxygen atoms in total. The minimum absolute atomic E-state index is 0.147. The summed E-state index contributed by atoms with van der Waals surface area (Å²) in [6, 6.07) is 0.254. The van der Waals surface area contributed by atoms with E-state index in [-0.39, 0.29) is 11.9 Å². The Morgan fingerprint density at radius 1 is 1.41 bits per heavy atom. The van der Waals surface area contributed by atoms with Gasteiger partial charge in [0.2, 0.25) is 0 Å². The molecule has 4 N–H and O–H groups in total. The molecule has 0 saturated heterocycles. The summed E-state index contributed by atoms with van der Waals surface area (Å²) < 4.78 is 0. The number of nitrogens with one attached hydrogen (secondary N) is 2. The maximum absolute atomic E-state index is 11.9. The summed E-state index contributed by atoms with van der Waals surface area (Å²) in [6.45, 7) is 4.47. The fourth-order valence-corrected chi connectivity index (χ4v) is 2.80. The zero-order valence-electron chi connectivity index (χ0n) is 10.4. The van der Waals surface area contributed by atoms with Crippen molar-refractivity contribution in [1.82, 2.24) is 15.5 Å². The van der Waals surface area contributed by atoms with E-state index < -0.39 is 0 Å². The van der Waals surface area contributed by atoms with Crippen molar-refractivity contribution in [3.05, 3.63) is 11.9 Å². The number of H-pyrrole nitrogens is 1. The van der Waals surface area contributed by atoms with Gasteiger partial charge in [-0.1, -0.05) is 13.8 Å². The van der Waals surface area contributed by atoms with Crippen LogP contribution in [0.15, 0.2) is 6.20 Å². The van der Waals surface area contributed by atoms with Gasteiger partial charge in [-0.3, -0.25) is 9.89 Å². The van der Waals surface area contributed by atoms with Crippen molar-refractivity contribution in [2.75, 3.05) is 5.73 Å². The van der Waals surface area contributed by atoms with Crippen LogP contribution in [0.4, 0.5) is 5.69 Å². The van der Waals surface area contributed by atoms with Crippen LogP contribution >= 0.6 is 0 Å². The second-order valence-corrected chi connectivity index (χ2v) is 5.29. The van der Waals surface area contributed by atoms with E-state index in [1.807, 2.05) is 0 Å². The summed E-state index contributed by atoms with van der Waals surface area (Å²) in [7, 11) is 0. The normalized spacial score (nSPS) is 28.9. The number of rotatable bonds is 2. The maximum atomic E-state index is 11.9. The van der Waals surface area contributed by atoms with Gasteiger partial charge in [-0.2, -0.15) is 5.10 Å². The van der Waals surface area contributed by atoms with Crippen LogP contribution in [0.3, 0.4) is 0 Å². The van der Waals surface area contributed by atoms with Gasteiger partial charge in [-0.15, -0.1) is 0 Å². The van der Waals surface area contributed by atoms with Crippen LogP contribution in [0, 0.1) is 11.8 Å². The molecule has 1 saturated carbocycles. The molecule has 5 heteroatoms. The SMILES string of the molecule is CC1CC(C)CC(NC(=O)c2[nH]ncc2N)C1. The number of aromatic nitrogens is 2. The summed E-state index contributed by atoms with van der Waals surface area (Å²) in [6.07, 6.45) is 4.80. The van der Waals surface area contributed by atoms with Crippen LogP contribution in [-0.2, 0) is 0 Å². The first-order chi connectivity index (χ1) is 8.06. The third-order valence-corrected chi connectivity index (χ3v) is 3.41. The highest BCUT2D eigenvalue weighted by molar-refractivity contribution is 5.97. The van der Waals surface area contributed by atoms with Crippen LogP contribution in [0.5, 0.6) is 0 Å². The van der Waals surface area contributed by atoms with Crippen LogP contribution < -0.4 is 11.1 Å². The van der Waals surface area contributed by atoms with E-state index in [1.54, 1.807) is 0 Å². The zero-order valence-corrected chi connectivity index (χ0v) is 10.4. The van der Waals surface area contributed by atoms with Crippen molar-refractivity contribution in [2.24, 2.45) is 11.8 Å². The molecule has 94 valence electrons. The van der Waals surface area contributed by atoms with Gasteiger partial charge in [0.1, 0.15) is 5.69 Å². The second kappa shape index (κ2) is 4.77. The average molecular weight is 236 g/mol. The van der Waals surface area contributed by atoms with Crippen LogP contribution in [-0.4, -0.2) is 22.1 Å². The molecular formula is C12H20N4O. The lowest BCUT2D eigenvalue weighted by atomic mass is 9.80. The monoisotopic (exact) mass is 236 g/mol. The number of carbonyl (C=O) groups is 1. The molecule has 1 aliphatic carbocycles. The van der Waals surface area contributed by atoms with Crippen molar-refractivity contribution in [3.63, 3.8) is 0 Å². The molecule has 0 aliphatic heterocycles. The number of amides is 1. The molecule has 0 radical (unpaired) electrons. The van der Waals surface area contributed by atoms with Gasteiger partial charge in [0.15, 0.2) is 0 Å². The molecule has 2 rings (SSSR count). The summed E-state index contributed by atoms with van der Waals surface area (Å²) in [5.74, 6) is 1.19. The highest BCUT2D eigenvalue weighted by Crippen LogP contribution is 2.28. The quantitative estimate of drug-likeness (QED) is 0.728. The molecule has 0 spiro atoms. The smallest absolute Gasteiger partial charge is 0.271 e. The highest BCUT2D eigenvalue weighted by Gasteiger charge is 2.26. The zero-order chi connectivity index (χ0) is 12.4. The molecule has 1 aromatic heterocycles. The Hall–Kier alpha value is -1.52. The summed E-state index contributed by atoms with van der Waals surface area (Å²) in [5, 5.41) is 9.42. The summed E-state index contributed by atoms with van der Waals surface area (Å²) >= 11 is 0. The fraction of sp³-hybridized carbons (Fsp3) is 0.667. The molecule has 2 unspecified atom stereocenters. The Labute approximate surface area is 101 Å². The van der Waals surface area contributed by atoms with E-state index in [2.05, 4.69) is 29.4 Å². The van der Waals surface area contributed by atoms with Crippen molar-refractivity contribution < 1.29 is 4.79 Å². The van der Waals surface area contributed by atoms with Gasteiger partial charge < -0.3 is 11.1 Å². The lowest BCUT2D eigenvalue weighted by Crippen LogP contribution is -2.40. The Morgan fingerprint density at radius 3 is 2.59 bits per heavy atom. The van der Waals surface area contributed by atoms with E-state index in [0.29, 0.717) is 23.2 Å². The third kappa shape index (κ3) is 2.78. The molecule has 1 aliphatic rings. The lowest BCUT2D eigenvalue weighted by molar-refractivity contribution is 0.0907. The third-order valence-electron chi connectivity index (χ3n) is 3.41. The van der Waals surface area contributed by atoms with Gasteiger partial charge in [-0.05, 0) is 31.1 Å². The number of nitrogen functional groups attached to an aromatic ring is 1. The maximum Gasteiger partial charge on any atom is 0.271 e. The van der Waals surface area contributed by atoms with Gasteiger partial charge in [-0.25, -0.2) is 0 Å². The Bertz CT molecular complexity index is 391. The predicted molar refractivity (Wildman–Crippen MR) is 66.4 cm³/mol. The van der Waals surface area contributed by atoms with Crippen molar-refractivity contribution in [3.8, 4) is 0 Å². The van der Waals surface area contributed by atoms with E-state index in [0.717, 1.165) is 12.8 Å². The largest absolute Gasteiger partial charge is 0.396 e. The molecule has 1 aromatic rings. The molecule has 1 amide bonds. The first kappa shape index (κ1) is 12.0. The van der Waals surface area contributed by atoms with Crippen LogP contribution in [0.1, 0.15) is 43.6 Å². The van der Waals surface area contributed by atoms with E-state index >= 15 is 0 Å². The molecule has 17 heavy (non-hydrogen) atoms. The molecule has 1 heterocycles. The molecule has 2 atom stereocenters. The molecule has 1 fully saturated rings. The number of aromatic amines is 1. The van der Waals surface area contributed by atoms with E-state index in [9.17, 15) is 4.79 Å². The highest BCUT2D eigenvalue weighted by atomic mass is 16.2. The number of nitrogens with zero attached hydrogens (tertiary/aromatic N) is 1.